The van der Waals surface area contributed by atoms with Gasteiger partial charge in [0.1, 0.15) is 12.4 Å². The number of halogens is 3. The summed E-state index contributed by atoms with van der Waals surface area (Å²) in [5.41, 5.74) is 0. The minimum atomic E-state index is 0.551. The quantitative estimate of drug-likeness (QED) is 0.590. The average Bonchev–Trinajstić information content (AvgIpc) is 2.27. The second-order valence-electron chi connectivity index (χ2n) is 4.19. The molecule has 0 saturated carbocycles. The fraction of sp³-hybridized carbons (Fsp3) is 0.538. The molecular weight excluding hydrogens is 426 g/mol. The molecule has 1 aromatic carbocycles. The van der Waals surface area contributed by atoms with Crippen LogP contribution in [0.15, 0.2) is 25.6 Å². The van der Waals surface area contributed by atoms with Gasteiger partial charge in [0.05, 0.1) is 8.95 Å². The van der Waals surface area contributed by atoms with Crippen LogP contribution in [0.2, 0.25) is 0 Å². The molecule has 0 bridgehead atoms. The highest BCUT2D eigenvalue weighted by Crippen LogP contribution is 2.36. The Hall–Kier alpha value is 0.420. The summed E-state index contributed by atoms with van der Waals surface area (Å²) in [5.74, 6) is 0.850. The summed E-state index contributed by atoms with van der Waals surface area (Å²) in [6.45, 7) is 5.92. The minimum absolute atomic E-state index is 0.551. The highest BCUT2D eigenvalue weighted by atomic mass is 79.9. The van der Waals surface area contributed by atoms with Crippen LogP contribution in [0.25, 0.3) is 0 Å². The maximum Gasteiger partial charge on any atom is 0.147 e. The van der Waals surface area contributed by atoms with Gasteiger partial charge in [0.15, 0.2) is 0 Å². The van der Waals surface area contributed by atoms with Crippen molar-refractivity contribution in [3.8, 4) is 5.75 Å². The van der Waals surface area contributed by atoms with E-state index >= 15 is 0 Å². The summed E-state index contributed by atoms with van der Waals surface area (Å²) < 4.78 is 8.69. The first-order valence-corrected chi connectivity index (χ1v) is 8.43. The molecule has 0 heterocycles. The maximum atomic E-state index is 5.77. The lowest BCUT2D eigenvalue weighted by atomic mass is 10.2. The van der Waals surface area contributed by atoms with Gasteiger partial charge in [-0.25, -0.2) is 0 Å². The van der Waals surface area contributed by atoms with Crippen LogP contribution >= 0.6 is 47.8 Å². The molecule has 1 atom stereocenters. The van der Waals surface area contributed by atoms with Gasteiger partial charge in [-0.15, -0.1) is 0 Å². The first-order chi connectivity index (χ1) is 8.54. The molecule has 0 aliphatic rings. The predicted octanol–water partition coefficient (Wildman–Crippen LogP) is 5.13. The van der Waals surface area contributed by atoms with Crippen molar-refractivity contribution in [1.82, 2.24) is 5.32 Å². The Labute approximate surface area is 134 Å². The van der Waals surface area contributed by atoms with Gasteiger partial charge in [0, 0.05) is 17.1 Å². The lowest BCUT2D eigenvalue weighted by Crippen LogP contribution is -2.30. The van der Waals surface area contributed by atoms with Gasteiger partial charge in [-0.1, -0.05) is 29.3 Å². The van der Waals surface area contributed by atoms with E-state index in [9.17, 15) is 0 Å². The van der Waals surface area contributed by atoms with Gasteiger partial charge in [0.2, 0.25) is 0 Å². The molecule has 1 N–H and O–H groups in total. The molecule has 1 rings (SSSR count). The monoisotopic (exact) mass is 441 g/mol. The first-order valence-electron chi connectivity index (χ1n) is 6.05. The van der Waals surface area contributed by atoms with Crippen LogP contribution in [-0.4, -0.2) is 19.2 Å². The third-order valence-electron chi connectivity index (χ3n) is 2.53. The smallest absolute Gasteiger partial charge is 0.147 e. The molecule has 0 aliphatic heterocycles. The molecule has 1 unspecified atom stereocenters. The van der Waals surface area contributed by atoms with Crippen LogP contribution in [0.4, 0.5) is 0 Å². The van der Waals surface area contributed by atoms with Crippen LogP contribution in [-0.2, 0) is 0 Å². The zero-order valence-electron chi connectivity index (χ0n) is 10.6. The molecule has 0 fully saturated rings. The number of rotatable bonds is 7. The Balaban J connectivity index is 2.40. The number of nitrogens with one attached hydrogen (secondary N) is 1. The third kappa shape index (κ3) is 5.59. The lowest BCUT2D eigenvalue weighted by Gasteiger charge is -2.14. The summed E-state index contributed by atoms with van der Waals surface area (Å²) in [4.78, 5) is 0. The van der Waals surface area contributed by atoms with E-state index in [1.165, 1.54) is 12.8 Å². The zero-order valence-corrected chi connectivity index (χ0v) is 15.4. The van der Waals surface area contributed by atoms with Gasteiger partial charge in [-0.05, 0) is 57.3 Å². The van der Waals surface area contributed by atoms with E-state index < -0.39 is 0 Å². The number of benzene rings is 1. The SMILES string of the molecule is CCCC(C)NCCOc1c(Br)cc(Br)cc1Br. The van der Waals surface area contributed by atoms with Gasteiger partial charge < -0.3 is 10.1 Å². The Bertz CT molecular complexity index is 361. The van der Waals surface area contributed by atoms with Crippen molar-refractivity contribution in [3.05, 3.63) is 25.6 Å². The van der Waals surface area contributed by atoms with Crippen LogP contribution in [0, 0.1) is 0 Å². The molecule has 102 valence electrons. The molecule has 0 spiro atoms. The van der Waals surface area contributed by atoms with Crippen molar-refractivity contribution < 1.29 is 4.74 Å². The number of ether oxygens (including phenoxy) is 1. The second kappa shape index (κ2) is 8.56. The first kappa shape index (κ1) is 16.5. The fourth-order valence-electron chi connectivity index (χ4n) is 1.66. The zero-order chi connectivity index (χ0) is 13.5. The highest BCUT2D eigenvalue weighted by molar-refractivity contribution is 9.11. The van der Waals surface area contributed by atoms with Gasteiger partial charge >= 0.3 is 0 Å². The molecule has 18 heavy (non-hydrogen) atoms. The Morgan fingerprint density at radius 2 is 1.83 bits per heavy atom. The fourth-order valence-corrected chi connectivity index (χ4v) is 4.15. The number of hydrogen-bond donors (Lipinski definition) is 1. The molecule has 5 heteroatoms. The van der Waals surface area contributed by atoms with E-state index in [4.69, 9.17) is 4.74 Å². The van der Waals surface area contributed by atoms with Crippen molar-refractivity contribution >= 4 is 47.8 Å². The largest absolute Gasteiger partial charge is 0.490 e. The predicted molar refractivity (Wildman–Crippen MR) is 87.4 cm³/mol. The summed E-state index contributed by atoms with van der Waals surface area (Å²) in [6, 6.07) is 4.51. The van der Waals surface area contributed by atoms with E-state index in [-0.39, 0.29) is 0 Å². The molecule has 0 radical (unpaired) electrons. The van der Waals surface area contributed by atoms with Crippen molar-refractivity contribution in [3.63, 3.8) is 0 Å². The van der Waals surface area contributed by atoms with Crippen molar-refractivity contribution in [1.29, 1.82) is 0 Å². The van der Waals surface area contributed by atoms with E-state index in [2.05, 4.69) is 67.0 Å². The maximum absolute atomic E-state index is 5.77. The molecule has 0 aliphatic carbocycles. The summed E-state index contributed by atoms with van der Waals surface area (Å²) >= 11 is 10.4. The molecule has 0 amide bonds. The minimum Gasteiger partial charge on any atom is -0.490 e. The van der Waals surface area contributed by atoms with Crippen LogP contribution in [0.3, 0.4) is 0 Å². The Morgan fingerprint density at radius 3 is 2.39 bits per heavy atom. The Kier molecular flexibility index (Phi) is 7.84. The van der Waals surface area contributed by atoms with E-state index in [1.807, 2.05) is 12.1 Å². The molecule has 0 saturated heterocycles. The van der Waals surface area contributed by atoms with Crippen LogP contribution in [0.5, 0.6) is 5.75 Å². The van der Waals surface area contributed by atoms with Crippen molar-refractivity contribution in [2.75, 3.05) is 13.2 Å². The van der Waals surface area contributed by atoms with Crippen LogP contribution < -0.4 is 10.1 Å². The standard InChI is InChI=1S/C13H18Br3NO/c1-3-4-9(2)17-5-6-18-13-11(15)7-10(14)8-12(13)16/h7-9,17H,3-6H2,1-2H3. The summed E-state index contributed by atoms with van der Waals surface area (Å²) in [7, 11) is 0. The Morgan fingerprint density at radius 1 is 1.22 bits per heavy atom. The van der Waals surface area contributed by atoms with E-state index in [1.54, 1.807) is 0 Å². The summed E-state index contributed by atoms with van der Waals surface area (Å²) in [6.07, 6.45) is 2.41. The van der Waals surface area contributed by atoms with Gasteiger partial charge in [-0.3, -0.25) is 0 Å². The van der Waals surface area contributed by atoms with E-state index in [0.717, 1.165) is 25.7 Å². The number of hydrogen-bond acceptors (Lipinski definition) is 2. The third-order valence-corrected chi connectivity index (χ3v) is 4.16. The van der Waals surface area contributed by atoms with Gasteiger partial charge in [0.25, 0.3) is 0 Å². The average molecular weight is 444 g/mol. The van der Waals surface area contributed by atoms with Crippen molar-refractivity contribution in [2.45, 2.75) is 32.7 Å². The second-order valence-corrected chi connectivity index (χ2v) is 6.82. The molecule has 0 aromatic heterocycles. The molecule has 2 nitrogen and oxygen atoms in total. The van der Waals surface area contributed by atoms with Gasteiger partial charge in [-0.2, -0.15) is 0 Å². The van der Waals surface area contributed by atoms with Crippen molar-refractivity contribution in [2.24, 2.45) is 0 Å². The highest BCUT2D eigenvalue weighted by Gasteiger charge is 2.08. The lowest BCUT2D eigenvalue weighted by molar-refractivity contribution is 0.301. The normalized spacial score (nSPS) is 12.5. The molecule has 1 aromatic rings. The van der Waals surface area contributed by atoms with Crippen LogP contribution in [0.1, 0.15) is 26.7 Å². The topological polar surface area (TPSA) is 21.3 Å². The summed E-state index contributed by atoms with van der Waals surface area (Å²) in [5, 5.41) is 3.44. The van der Waals surface area contributed by atoms with E-state index in [0.29, 0.717) is 12.6 Å². The molecular formula is C13H18Br3NO.